The van der Waals surface area contributed by atoms with Crippen molar-refractivity contribution >= 4 is 17.7 Å². The third-order valence-electron chi connectivity index (χ3n) is 6.17. The number of carbonyl (C=O) groups excluding carboxylic acids is 3. The van der Waals surface area contributed by atoms with Crippen molar-refractivity contribution < 1.29 is 18.8 Å². The van der Waals surface area contributed by atoms with Crippen LogP contribution in [-0.4, -0.2) is 35.2 Å². The highest BCUT2D eigenvalue weighted by atomic mass is 19.1. The maximum absolute atomic E-state index is 13.3. The minimum atomic E-state index is -0.625. The van der Waals surface area contributed by atoms with Crippen LogP contribution < -0.4 is 11.1 Å². The van der Waals surface area contributed by atoms with Gasteiger partial charge in [-0.2, -0.15) is 0 Å². The topological polar surface area (TPSA) is 92.5 Å². The Balaban J connectivity index is 2.14. The molecule has 1 heterocycles. The molecule has 3 atom stereocenters. The summed E-state index contributed by atoms with van der Waals surface area (Å²) in [5.41, 5.74) is 6.52. The van der Waals surface area contributed by atoms with Crippen LogP contribution in [0.15, 0.2) is 24.3 Å². The van der Waals surface area contributed by atoms with E-state index in [1.165, 1.54) is 12.1 Å². The molecular weight excluding hydrogens is 409 g/mol. The summed E-state index contributed by atoms with van der Waals surface area (Å²) in [4.78, 5) is 40.4. The van der Waals surface area contributed by atoms with Gasteiger partial charge in [-0.05, 0) is 55.7 Å². The van der Waals surface area contributed by atoms with Gasteiger partial charge in [0.05, 0.1) is 0 Å². The molecule has 1 saturated heterocycles. The molecule has 0 saturated carbocycles. The first-order chi connectivity index (χ1) is 15.2. The largest absolute Gasteiger partial charge is 0.369 e. The number of nitrogens with one attached hydrogen (secondary N) is 1. The summed E-state index contributed by atoms with van der Waals surface area (Å²) in [7, 11) is 0. The van der Waals surface area contributed by atoms with Gasteiger partial charge in [-0.25, -0.2) is 4.39 Å². The van der Waals surface area contributed by atoms with Gasteiger partial charge in [-0.3, -0.25) is 14.4 Å². The van der Waals surface area contributed by atoms with E-state index < -0.39 is 23.8 Å². The van der Waals surface area contributed by atoms with Crippen LogP contribution >= 0.6 is 0 Å². The molecule has 0 radical (unpaired) electrons. The monoisotopic (exact) mass is 447 g/mol. The Hall–Kier alpha value is -2.44. The SMILES string of the molecule is CCCC[C@H](C(N)=O)[C@@H](CC(C)C)C(=O)N[C@H]1CCCCN(Cc2ccc(F)cc2)C1=O. The van der Waals surface area contributed by atoms with Gasteiger partial charge >= 0.3 is 0 Å². The summed E-state index contributed by atoms with van der Waals surface area (Å²) in [6.07, 6.45) is 5.09. The van der Waals surface area contributed by atoms with E-state index in [0.717, 1.165) is 31.2 Å². The zero-order chi connectivity index (χ0) is 23.7. The van der Waals surface area contributed by atoms with Crippen LogP contribution in [0.2, 0.25) is 0 Å². The van der Waals surface area contributed by atoms with E-state index in [0.29, 0.717) is 32.4 Å². The Bertz CT molecular complexity index is 766. The van der Waals surface area contributed by atoms with E-state index in [1.54, 1.807) is 17.0 Å². The predicted octanol–water partition coefficient (Wildman–Crippen LogP) is 3.78. The smallest absolute Gasteiger partial charge is 0.245 e. The summed E-state index contributed by atoms with van der Waals surface area (Å²) in [5, 5.41) is 2.95. The van der Waals surface area contributed by atoms with Crippen molar-refractivity contribution in [1.82, 2.24) is 10.2 Å². The van der Waals surface area contributed by atoms with Crippen molar-refractivity contribution in [2.24, 2.45) is 23.5 Å². The van der Waals surface area contributed by atoms with Gasteiger partial charge in [0.1, 0.15) is 11.9 Å². The number of nitrogens with zero attached hydrogens (tertiary/aromatic N) is 1. The molecule has 3 amide bonds. The molecule has 1 aromatic rings. The molecule has 6 nitrogen and oxygen atoms in total. The maximum Gasteiger partial charge on any atom is 0.245 e. The molecule has 1 aliphatic rings. The normalized spacial score (nSPS) is 18.8. The number of carbonyl (C=O) groups is 3. The molecule has 3 N–H and O–H groups in total. The zero-order valence-corrected chi connectivity index (χ0v) is 19.6. The second kappa shape index (κ2) is 12.6. The van der Waals surface area contributed by atoms with Crippen molar-refractivity contribution in [2.75, 3.05) is 6.54 Å². The molecule has 0 unspecified atom stereocenters. The number of nitrogens with two attached hydrogens (primary N) is 1. The first-order valence-electron chi connectivity index (χ1n) is 11.9. The Kier molecular flexibility index (Phi) is 10.1. The molecular formula is C25H38FN3O3. The minimum Gasteiger partial charge on any atom is -0.369 e. The van der Waals surface area contributed by atoms with E-state index >= 15 is 0 Å². The Labute approximate surface area is 191 Å². The van der Waals surface area contributed by atoms with Crippen molar-refractivity contribution in [3.63, 3.8) is 0 Å². The lowest BCUT2D eigenvalue weighted by Gasteiger charge is -2.29. The number of rotatable bonds is 11. The Morgan fingerprint density at radius 1 is 1.19 bits per heavy atom. The summed E-state index contributed by atoms with van der Waals surface area (Å²) >= 11 is 0. The van der Waals surface area contributed by atoms with Crippen molar-refractivity contribution in [1.29, 1.82) is 0 Å². The number of benzene rings is 1. The maximum atomic E-state index is 13.3. The number of likely N-dealkylation sites (tertiary alicyclic amines) is 1. The lowest BCUT2D eigenvalue weighted by molar-refractivity contribution is -0.139. The quantitative estimate of drug-likeness (QED) is 0.541. The second-order valence-electron chi connectivity index (χ2n) is 9.33. The summed E-state index contributed by atoms with van der Waals surface area (Å²) < 4.78 is 13.2. The number of halogens is 1. The predicted molar refractivity (Wildman–Crippen MR) is 123 cm³/mol. The van der Waals surface area contributed by atoms with Crippen LogP contribution in [0.5, 0.6) is 0 Å². The van der Waals surface area contributed by atoms with Crippen LogP contribution in [0, 0.1) is 23.6 Å². The zero-order valence-electron chi connectivity index (χ0n) is 19.6. The van der Waals surface area contributed by atoms with Crippen LogP contribution in [0.4, 0.5) is 4.39 Å². The molecule has 1 fully saturated rings. The Morgan fingerprint density at radius 3 is 2.47 bits per heavy atom. The fraction of sp³-hybridized carbons (Fsp3) is 0.640. The van der Waals surface area contributed by atoms with E-state index in [9.17, 15) is 18.8 Å². The third-order valence-corrected chi connectivity index (χ3v) is 6.17. The number of hydrogen-bond acceptors (Lipinski definition) is 3. The van der Waals surface area contributed by atoms with Gasteiger partial charge in [0.15, 0.2) is 0 Å². The van der Waals surface area contributed by atoms with Gasteiger partial charge in [0.25, 0.3) is 0 Å². The number of primary amides is 1. The average molecular weight is 448 g/mol. The number of amides is 3. The van der Waals surface area contributed by atoms with Crippen molar-refractivity contribution in [3.05, 3.63) is 35.6 Å². The first-order valence-corrected chi connectivity index (χ1v) is 11.9. The molecule has 0 aliphatic carbocycles. The van der Waals surface area contributed by atoms with Crippen LogP contribution in [0.3, 0.4) is 0 Å². The molecule has 1 aliphatic heterocycles. The highest BCUT2D eigenvalue weighted by molar-refractivity contribution is 5.91. The third kappa shape index (κ3) is 7.61. The van der Waals surface area contributed by atoms with E-state index in [4.69, 9.17) is 5.73 Å². The van der Waals surface area contributed by atoms with Gasteiger partial charge in [0, 0.05) is 24.9 Å². The molecule has 32 heavy (non-hydrogen) atoms. The summed E-state index contributed by atoms with van der Waals surface area (Å²) in [5.74, 6) is -2.02. The van der Waals surface area contributed by atoms with Crippen LogP contribution in [-0.2, 0) is 20.9 Å². The highest BCUT2D eigenvalue weighted by Crippen LogP contribution is 2.26. The van der Waals surface area contributed by atoms with Crippen molar-refractivity contribution in [3.8, 4) is 0 Å². The van der Waals surface area contributed by atoms with E-state index in [1.807, 2.05) is 20.8 Å². The lowest BCUT2D eigenvalue weighted by Crippen LogP contribution is -2.50. The standard InChI is InChI=1S/C25H38FN3O3/c1-4-5-8-20(23(27)30)21(15-17(2)3)24(31)28-22-9-6-7-14-29(25(22)32)16-18-10-12-19(26)13-11-18/h10-13,17,20-22H,4-9,14-16H2,1-3H3,(H2,27,30)(H,28,31)/t20-,21+,22-/m0/s1. The molecule has 178 valence electrons. The first kappa shape index (κ1) is 25.8. The molecule has 7 heteroatoms. The molecule has 2 rings (SSSR count). The summed E-state index contributed by atoms with van der Waals surface area (Å²) in [6, 6.07) is 5.48. The van der Waals surface area contributed by atoms with E-state index in [2.05, 4.69) is 5.32 Å². The van der Waals surface area contributed by atoms with Gasteiger partial charge in [-0.1, -0.05) is 45.7 Å². The van der Waals surface area contributed by atoms with Crippen molar-refractivity contribution in [2.45, 2.75) is 78.3 Å². The Morgan fingerprint density at radius 2 is 1.88 bits per heavy atom. The highest BCUT2D eigenvalue weighted by Gasteiger charge is 2.36. The second-order valence-corrected chi connectivity index (χ2v) is 9.33. The molecule has 1 aromatic carbocycles. The summed E-state index contributed by atoms with van der Waals surface area (Å²) in [6.45, 7) is 7.04. The van der Waals surface area contributed by atoms with E-state index in [-0.39, 0.29) is 23.5 Å². The molecule has 0 aromatic heterocycles. The van der Waals surface area contributed by atoms with Gasteiger partial charge < -0.3 is 16.0 Å². The van der Waals surface area contributed by atoms with Gasteiger partial charge in [0.2, 0.25) is 17.7 Å². The fourth-order valence-corrected chi connectivity index (χ4v) is 4.41. The van der Waals surface area contributed by atoms with Crippen LogP contribution in [0.25, 0.3) is 0 Å². The van der Waals surface area contributed by atoms with Gasteiger partial charge in [-0.15, -0.1) is 0 Å². The number of unbranched alkanes of at least 4 members (excludes halogenated alkanes) is 1. The molecule has 0 spiro atoms. The molecule has 0 bridgehead atoms. The average Bonchev–Trinajstić information content (AvgIpc) is 2.90. The fourth-order valence-electron chi connectivity index (χ4n) is 4.41. The van der Waals surface area contributed by atoms with Crippen LogP contribution in [0.1, 0.15) is 71.3 Å². The lowest BCUT2D eigenvalue weighted by atomic mass is 9.81. The minimum absolute atomic E-state index is 0.132. The number of hydrogen-bond donors (Lipinski definition) is 2.